The summed E-state index contributed by atoms with van der Waals surface area (Å²) in [7, 11) is 2.65. The number of ether oxygens (including phenoxy) is 2. The third kappa shape index (κ3) is 9.89. The fourth-order valence-electron chi connectivity index (χ4n) is 5.24. The highest BCUT2D eigenvalue weighted by Gasteiger charge is 2.26. The van der Waals surface area contributed by atoms with Crippen LogP contribution in [-0.4, -0.2) is 36.9 Å². The first-order valence-electron chi connectivity index (χ1n) is 15.2. The van der Waals surface area contributed by atoms with Crippen LogP contribution in [0.1, 0.15) is 98.6 Å². The lowest BCUT2D eigenvalue weighted by atomic mass is 9.80. The van der Waals surface area contributed by atoms with Crippen LogP contribution in [-0.2, 0) is 6.42 Å². The topological polar surface area (TPSA) is 51.6 Å². The molecule has 0 aliphatic heterocycles. The highest BCUT2D eigenvalue weighted by molar-refractivity contribution is 7.50. The molecule has 3 aromatic rings. The van der Waals surface area contributed by atoms with Gasteiger partial charge in [-0.25, -0.2) is 0 Å². The molecule has 1 aromatic heterocycles. The molecule has 3 aliphatic carbocycles. The Morgan fingerprint density at radius 2 is 1.48 bits per heavy atom. The molecular weight excluding hydrogens is 513 g/mol. The monoisotopic (exact) mass is 561 g/mol. The molecule has 2 aromatic carbocycles. The highest BCUT2D eigenvalue weighted by atomic mass is 31.1. The predicted octanol–water partition coefficient (Wildman–Crippen LogP) is 9.42. The lowest BCUT2D eigenvalue weighted by Gasteiger charge is -2.25. The Bertz CT molecular complexity index is 1200. The first-order chi connectivity index (χ1) is 19.5. The maximum atomic E-state index is 9.17. The Morgan fingerprint density at radius 1 is 0.800 bits per heavy atom. The van der Waals surface area contributed by atoms with Gasteiger partial charge in [-0.05, 0) is 116 Å². The Morgan fingerprint density at radius 3 is 2.10 bits per heavy atom. The SMILES string of the molecule is C1CC1.COc1ccc(-c2cc(C)nc(C3CC3)c2)c(C2CCCCC2)c1.COc1cccc(CCP(C)O)c1. The van der Waals surface area contributed by atoms with E-state index in [2.05, 4.69) is 43.3 Å². The normalized spacial score (nSPS) is 17.0. The molecule has 3 fully saturated rings. The Balaban J connectivity index is 0.000000194. The van der Waals surface area contributed by atoms with Crippen molar-refractivity contribution < 1.29 is 14.4 Å². The molecule has 0 bridgehead atoms. The van der Waals surface area contributed by atoms with E-state index in [0.29, 0.717) is 11.8 Å². The van der Waals surface area contributed by atoms with Crippen LogP contribution < -0.4 is 9.47 Å². The number of benzene rings is 2. The summed E-state index contributed by atoms with van der Waals surface area (Å²) in [6, 6.07) is 19.2. The van der Waals surface area contributed by atoms with Crippen LogP contribution in [0.4, 0.5) is 0 Å². The number of aryl methyl sites for hydroxylation is 2. The smallest absolute Gasteiger partial charge is 0.119 e. The summed E-state index contributed by atoms with van der Waals surface area (Å²) in [5.41, 5.74) is 7.85. The van der Waals surface area contributed by atoms with Crippen molar-refractivity contribution in [1.82, 2.24) is 4.98 Å². The van der Waals surface area contributed by atoms with Crippen LogP contribution in [0.5, 0.6) is 11.5 Å². The molecule has 1 heterocycles. The van der Waals surface area contributed by atoms with Crippen molar-refractivity contribution in [1.29, 1.82) is 0 Å². The van der Waals surface area contributed by atoms with Gasteiger partial charge in [0.2, 0.25) is 0 Å². The molecule has 1 atom stereocenters. The molecule has 0 amide bonds. The van der Waals surface area contributed by atoms with Gasteiger partial charge < -0.3 is 14.4 Å². The number of hydrogen-bond donors (Lipinski definition) is 1. The molecule has 0 spiro atoms. The average molecular weight is 562 g/mol. The van der Waals surface area contributed by atoms with Crippen LogP contribution in [0.2, 0.25) is 0 Å². The number of methoxy groups -OCH3 is 2. The minimum atomic E-state index is -0.779. The zero-order valence-electron chi connectivity index (χ0n) is 25.0. The molecule has 40 heavy (non-hydrogen) atoms. The molecule has 1 N–H and O–H groups in total. The van der Waals surface area contributed by atoms with Crippen LogP contribution in [0.15, 0.2) is 54.6 Å². The minimum absolute atomic E-state index is 0.668. The third-order valence-electron chi connectivity index (χ3n) is 7.80. The van der Waals surface area contributed by atoms with Gasteiger partial charge in [0.15, 0.2) is 0 Å². The van der Waals surface area contributed by atoms with Gasteiger partial charge in [0.25, 0.3) is 0 Å². The van der Waals surface area contributed by atoms with Crippen molar-refractivity contribution in [2.24, 2.45) is 0 Å². The summed E-state index contributed by atoms with van der Waals surface area (Å²) >= 11 is 0. The van der Waals surface area contributed by atoms with E-state index < -0.39 is 8.15 Å². The molecular formula is C35H48NO3P. The van der Waals surface area contributed by atoms with Gasteiger partial charge in [-0.3, -0.25) is 4.98 Å². The van der Waals surface area contributed by atoms with Crippen molar-refractivity contribution in [3.8, 4) is 22.6 Å². The quantitative estimate of drug-likeness (QED) is 0.278. The van der Waals surface area contributed by atoms with Gasteiger partial charge in [0.1, 0.15) is 11.5 Å². The highest BCUT2D eigenvalue weighted by Crippen LogP contribution is 2.43. The number of nitrogens with zero attached hydrogens (tertiary/aromatic N) is 1. The first-order valence-corrected chi connectivity index (χ1v) is 17.1. The summed E-state index contributed by atoms with van der Waals surface area (Å²) < 4.78 is 10.6. The molecule has 0 saturated heterocycles. The van der Waals surface area contributed by atoms with E-state index in [9.17, 15) is 4.89 Å². The number of aromatic nitrogens is 1. The number of hydrogen-bond acceptors (Lipinski definition) is 4. The Labute approximate surface area is 243 Å². The molecule has 4 nitrogen and oxygen atoms in total. The fraction of sp³-hybridized carbons (Fsp3) is 0.514. The molecule has 3 saturated carbocycles. The molecule has 0 radical (unpaired) electrons. The van der Waals surface area contributed by atoms with E-state index in [4.69, 9.17) is 14.5 Å². The van der Waals surface area contributed by atoms with Crippen molar-refractivity contribution in [3.05, 3.63) is 77.1 Å². The summed E-state index contributed by atoms with van der Waals surface area (Å²) in [4.78, 5) is 13.9. The van der Waals surface area contributed by atoms with Crippen LogP contribution in [0, 0.1) is 6.92 Å². The first kappa shape index (κ1) is 30.5. The van der Waals surface area contributed by atoms with Crippen molar-refractivity contribution in [2.45, 2.75) is 89.4 Å². The van der Waals surface area contributed by atoms with Gasteiger partial charge in [-0.2, -0.15) is 0 Å². The lowest BCUT2D eigenvalue weighted by molar-refractivity contribution is 0.410. The molecule has 216 valence electrons. The second kappa shape index (κ2) is 15.5. The molecule has 1 unspecified atom stereocenters. The lowest BCUT2D eigenvalue weighted by Crippen LogP contribution is -2.06. The maximum absolute atomic E-state index is 9.17. The van der Waals surface area contributed by atoms with Gasteiger partial charge in [0.05, 0.1) is 14.2 Å². The zero-order chi connectivity index (χ0) is 28.3. The molecule has 5 heteroatoms. The minimum Gasteiger partial charge on any atom is -0.497 e. The van der Waals surface area contributed by atoms with Crippen molar-refractivity contribution in [2.75, 3.05) is 27.0 Å². The summed E-state index contributed by atoms with van der Waals surface area (Å²) in [5.74, 6) is 3.23. The number of rotatable bonds is 8. The van der Waals surface area contributed by atoms with E-state index in [0.717, 1.165) is 29.8 Å². The van der Waals surface area contributed by atoms with Gasteiger partial charge in [-0.15, -0.1) is 0 Å². The second-order valence-electron chi connectivity index (χ2n) is 11.5. The standard InChI is InChI=1S/C22H27NO.C10H15O2P.C3H6/c1-15-12-18(13-22(23-15)17-8-9-17)20-11-10-19(24-2)14-21(20)16-6-4-3-5-7-16;1-12-10-5-3-4-9(8-10)6-7-13(2)11;1-2-3-1/h10-14,16-17H,3-9H2,1-2H3;3-5,8,11H,6-7H2,1-2H3;1-3H2. The summed E-state index contributed by atoms with van der Waals surface area (Å²) in [5, 5.41) is 0. The summed E-state index contributed by atoms with van der Waals surface area (Å²) in [6.45, 7) is 3.99. The van der Waals surface area contributed by atoms with E-state index in [1.54, 1.807) is 14.2 Å². The Kier molecular flexibility index (Phi) is 11.9. The summed E-state index contributed by atoms with van der Waals surface area (Å²) in [6.07, 6.45) is 15.6. The fourth-order valence-corrected chi connectivity index (χ4v) is 5.82. The van der Waals surface area contributed by atoms with Crippen molar-refractivity contribution in [3.63, 3.8) is 0 Å². The second-order valence-corrected chi connectivity index (χ2v) is 13.3. The van der Waals surface area contributed by atoms with Crippen LogP contribution in [0.3, 0.4) is 0 Å². The largest absolute Gasteiger partial charge is 0.497 e. The van der Waals surface area contributed by atoms with Gasteiger partial charge >= 0.3 is 0 Å². The van der Waals surface area contributed by atoms with Crippen LogP contribution >= 0.6 is 8.15 Å². The Hall–Kier alpha value is -2.42. The average Bonchev–Trinajstić information content (AvgIpc) is 3.89. The molecule has 3 aliphatic rings. The van der Waals surface area contributed by atoms with E-state index >= 15 is 0 Å². The maximum Gasteiger partial charge on any atom is 0.119 e. The van der Waals surface area contributed by atoms with Gasteiger partial charge in [-0.1, -0.05) is 56.7 Å². The third-order valence-corrected chi connectivity index (χ3v) is 8.67. The van der Waals surface area contributed by atoms with Gasteiger partial charge in [0, 0.05) is 25.5 Å². The van der Waals surface area contributed by atoms with Crippen LogP contribution in [0.25, 0.3) is 11.1 Å². The van der Waals surface area contributed by atoms with E-state index in [-0.39, 0.29) is 0 Å². The van der Waals surface area contributed by atoms with Crippen molar-refractivity contribution >= 4 is 8.15 Å². The van der Waals surface area contributed by atoms with E-state index in [1.165, 1.54) is 92.2 Å². The predicted molar refractivity (Wildman–Crippen MR) is 169 cm³/mol. The molecule has 6 rings (SSSR count). The number of pyridine rings is 1. The van der Waals surface area contributed by atoms with E-state index in [1.807, 2.05) is 24.9 Å². The zero-order valence-corrected chi connectivity index (χ0v) is 25.9.